The number of hydrogen-bond acceptors (Lipinski definition) is 4. The molecule has 0 radical (unpaired) electrons. The van der Waals surface area contributed by atoms with E-state index in [9.17, 15) is 5.11 Å². The second kappa shape index (κ2) is 6.22. The molecule has 0 saturated carbocycles. The van der Waals surface area contributed by atoms with E-state index in [1.54, 1.807) is 7.11 Å². The van der Waals surface area contributed by atoms with Crippen molar-refractivity contribution in [1.29, 1.82) is 0 Å². The third-order valence-electron chi connectivity index (χ3n) is 3.05. The Kier molecular flexibility index (Phi) is 4.87. The highest BCUT2D eigenvalue weighted by molar-refractivity contribution is 8.18. The van der Waals surface area contributed by atoms with Gasteiger partial charge < -0.3 is 9.84 Å². The fraction of sp³-hybridized carbons (Fsp3) is 0.571. The number of benzene rings is 1. The van der Waals surface area contributed by atoms with Crippen molar-refractivity contribution >= 4 is 23.5 Å². The molecule has 1 aromatic carbocycles. The van der Waals surface area contributed by atoms with Crippen LogP contribution in [0, 0.1) is 0 Å². The van der Waals surface area contributed by atoms with E-state index in [-0.39, 0.29) is 10.2 Å². The van der Waals surface area contributed by atoms with Crippen LogP contribution >= 0.6 is 23.5 Å². The fourth-order valence-corrected chi connectivity index (χ4v) is 5.79. The molecule has 0 unspecified atom stereocenters. The largest absolute Gasteiger partial charge is 0.497 e. The van der Waals surface area contributed by atoms with Gasteiger partial charge >= 0.3 is 0 Å². The Hall–Kier alpha value is -0.320. The van der Waals surface area contributed by atoms with Gasteiger partial charge in [0.05, 0.1) is 17.3 Å². The first-order valence-electron chi connectivity index (χ1n) is 6.27. The minimum atomic E-state index is -0.273. The fourth-order valence-electron chi connectivity index (χ4n) is 2.21. The molecule has 0 aliphatic carbocycles. The Morgan fingerprint density at radius 1 is 1.28 bits per heavy atom. The van der Waals surface area contributed by atoms with Gasteiger partial charge in [0, 0.05) is 6.42 Å². The van der Waals surface area contributed by atoms with Gasteiger partial charge in [0.2, 0.25) is 0 Å². The van der Waals surface area contributed by atoms with Gasteiger partial charge in [-0.25, -0.2) is 0 Å². The molecule has 0 amide bonds. The van der Waals surface area contributed by atoms with E-state index >= 15 is 0 Å². The minimum Gasteiger partial charge on any atom is -0.497 e. The molecule has 1 saturated heterocycles. The normalized spacial score (nSPS) is 20.4. The minimum absolute atomic E-state index is 0.0126. The van der Waals surface area contributed by atoms with Crippen LogP contribution in [0.1, 0.15) is 25.3 Å². The third kappa shape index (κ3) is 3.16. The highest BCUT2D eigenvalue weighted by atomic mass is 32.2. The molecule has 1 heterocycles. The van der Waals surface area contributed by atoms with E-state index in [0.717, 1.165) is 12.2 Å². The molecule has 0 bridgehead atoms. The zero-order chi connectivity index (χ0) is 13.0. The molecule has 0 spiro atoms. The SMILES string of the molecule is COc1ccc(C2(C[C@@H](C)O)SCCCS2)cc1. The van der Waals surface area contributed by atoms with Crippen molar-refractivity contribution in [3.8, 4) is 5.75 Å². The number of methoxy groups -OCH3 is 1. The van der Waals surface area contributed by atoms with Crippen molar-refractivity contribution in [2.75, 3.05) is 18.6 Å². The number of hydrogen-bond donors (Lipinski definition) is 1. The lowest BCUT2D eigenvalue weighted by Gasteiger charge is -2.37. The van der Waals surface area contributed by atoms with Crippen molar-refractivity contribution in [3.63, 3.8) is 0 Å². The summed E-state index contributed by atoms with van der Waals surface area (Å²) in [4.78, 5) is 0. The molecule has 1 aromatic rings. The molecule has 0 aromatic heterocycles. The summed E-state index contributed by atoms with van der Waals surface area (Å²) in [5, 5.41) is 9.78. The van der Waals surface area contributed by atoms with Crippen LogP contribution in [0.15, 0.2) is 24.3 Å². The number of aliphatic hydroxyl groups is 1. The van der Waals surface area contributed by atoms with Crippen molar-refractivity contribution in [2.24, 2.45) is 0 Å². The maximum atomic E-state index is 9.78. The first-order chi connectivity index (χ1) is 8.66. The van der Waals surface area contributed by atoms with Gasteiger partial charge in [0.25, 0.3) is 0 Å². The highest BCUT2D eigenvalue weighted by Crippen LogP contribution is 2.53. The van der Waals surface area contributed by atoms with Crippen LogP contribution in [-0.4, -0.2) is 29.8 Å². The predicted octanol–water partition coefficient (Wildman–Crippen LogP) is 3.49. The second-order valence-electron chi connectivity index (χ2n) is 4.59. The molecule has 2 nitrogen and oxygen atoms in total. The monoisotopic (exact) mass is 284 g/mol. The lowest BCUT2D eigenvalue weighted by molar-refractivity contribution is 0.180. The van der Waals surface area contributed by atoms with E-state index in [0.29, 0.717) is 0 Å². The summed E-state index contributed by atoms with van der Waals surface area (Å²) in [6.07, 6.45) is 1.78. The Bertz CT molecular complexity index is 370. The zero-order valence-electron chi connectivity index (χ0n) is 10.9. The third-order valence-corrected chi connectivity index (χ3v) is 6.48. The van der Waals surface area contributed by atoms with Gasteiger partial charge in [-0.15, -0.1) is 23.5 Å². The molecule has 1 N–H and O–H groups in total. The Morgan fingerprint density at radius 2 is 1.89 bits per heavy atom. The van der Waals surface area contributed by atoms with E-state index < -0.39 is 0 Å². The van der Waals surface area contributed by atoms with Crippen LogP contribution in [0.4, 0.5) is 0 Å². The summed E-state index contributed by atoms with van der Waals surface area (Å²) < 4.78 is 5.22. The van der Waals surface area contributed by atoms with Crippen LogP contribution in [0.2, 0.25) is 0 Å². The molecule has 4 heteroatoms. The van der Waals surface area contributed by atoms with Crippen molar-refractivity contribution < 1.29 is 9.84 Å². The quantitative estimate of drug-likeness (QED) is 0.916. The number of thioether (sulfide) groups is 2. The smallest absolute Gasteiger partial charge is 0.118 e. The number of aliphatic hydroxyl groups excluding tert-OH is 1. The Labute approximate surface area is 117 Å². The molecule has 1 aliphatic heterocycles. The predicted molar refractivity (Wildman–Crippen MR) is 80.5 cm³/mol. The average molecular weight is 284 g/mol. The molecule has 18 heavy (non-hydrogen) atoms. The highest BCUT2D eigenvalue weighted by Gasteiger charge is 2.36. The van der Waals surface area contributed by atoms with Crippen LogP contribution in [0.5, 0.6) is 5.75 Å². The summed E-state index contributed by atoms with van der Waals surface area (Å²) >= 11 is 3.94. The molecular weight excluding hydrogens is 264 g/mol. The number of rotatable bonds is 4. The summed E-state index contributed by atoms with van der Waals surface area (Å²) in [6.45, 7) is 1.88. The Morgan fingerprint density at radius 3 is 2.39 bits per heavy atom. The molecule has 1 aliphatic rings. The lowest BCUT2D eigenvalue weighted by atomic mass is 10.1. The van der Waals surface area contributed by atoms with Crippen LogP contribution in [0.3, 0.4) is 0 Å². The summed E-state index contributed by atoms with van der Waals surface area (Å²) in [5.74, 6) is 3.23. The summed E-state index contributed by atoms with van der Waals surface area (Å²) in [6, 6.07) is 8.28. The van der Waals surface area contributed by atoms with E-state index in [1.165, 1.54) is 23.5 Å². The molecular formula is C14H20O2S2. The molecule has 2 rings (SSSR count). The topological polar surface area (TPSA) is 29.5 Å². The zero-order valence-corrected chi connectivity index (χ0v) is 12.5. The van der Waals surface area contributed by atoms with Crippen LogP contribution in [0.25, 0.3) is 0 Å². The Balaban J connectivity index is 2.26. The van der Waals surface area contributed by atoms with Gasteiger partial charge in [0.15, 0.2) is 0 Å². The standard InChI is InChI=1S/C14H20O2S2/c1-11(15)10-14(17-8-3-9-18-14)12-4-6-13(16-2)7-5-12/h4-7,11,15H,3,8-10H2,1-2H3/t11-/m1/s1. The first-order valence-corrected chi connectivity index (χ1v) is 8.24. The molecule has 1 fully saturated rings. The van der Waals surface area contributed by atoms with Crippen LogP contribution in [-0.2, 0) is 4.08 Å². The summed E-state index contributed by atoms with van der Waals surface area (Å²) in [5.41, 5.74) is 1.29. The van der Waals surface area contributed by atoms with E-state index in [4.69, 9.17) is 4.74 Å². The van der Waals surface area contributed by atoms with E-state index in [1.807, 2.05) is 42.6 Å². The van der Waals surface area contributed by atoms with Gasteiger partial charge in [-0.3, -0.25) is 0 Å². The maximum absolute atomic E-state index is 9.78. The van der Waals surface area contributed by atoms with Gasteiger partial charge in [-0.05, 0) is 42.5 Å². The molecule has 1 atom stereocenters. The van der Waals surface area contributed by atoms with Crippen LogP contribution < -0.4 is 4.74 Å². The average Bonchev–Trinajstić information content (AvgIpc) is 2.39. The van der Waals surface area contributed by atoms with Gasteiger partial charge in [-0.1, -0.05) is 12.1 Å². The lowest BCUT2D eigenvalue weighted by Crippen LogP contribution is -2.27. The van der Waals surface area contributed by atoms with Crippen molar-refractivity contribution in [2.45, 2.75) is 29.9 Å². The molecule has 100 valence electrons. The maximum Gasteiger partial charge on any atom is 0.118 e. The first kappa shape index (κ1) is 14.1. The van der Waals surface area contributed by atoms with E-state index in [2.05, 4.69) is 12.1 Å². The van der Waals surface area contributed by atoms with Crippen molar-refractivity contribution in [1.82, 2.24) is 0 Å². The van der Waals surface area contributed by atoms with Gasteiger partial charge in [0.1, 0.15) is 5.75 Å². The van der Waals surface area contributed by atoms with Gasteiger partial charge in [-0.2, -0.15) is 0 Å². The second-order valence-corrected chi connectivity index (χ2v) is 7.63. The summed E-state index contributed by atoms with van der Waals surface area (Å²) in [7, 11) is 1.69. The number of ether oxygens (including phenoxy) is 1. The van der Waals surface area contributed by atoms with Crippen molar-refractivity contribution in [3.05, 3.63) is 29.8 Å².